The van der Waals surface area contributed by atoms with Gasteiger partial charge in [0.25, 0.3) is 0 Å². The minimum atomic E-state index is -5.08. The highest BCUT2D eigenvalue weighted by Crippen LogP contribution is 2.57. The van der Waals surface area contributed by atoms with Gasteiger partial charge in [0, 0.05) is 60.9 Å². The number of rotatable bonds is 18. The quantitative estimate of drug-likeness (QED) is 0.0640. The monoisotopic (exact) mass is 1010 g/mol. The first-order valence-corrected chi connectivity index (χ1v) is 23.6. The van der Waals surface area contributed by atoms with Crippen molar-refractivity contribution in [2.75, 3.05) is 36.0 Å². The fourth-order valence-electron chi connectivity index (χ4n) is 8.02. The summed E-state index contributed by atoms with van der Waals surface area (Å²) in [6, 6.07) is 35.6. The Morgan fingerprint density at radius 2 is 1.25 bits per heavy atom. The van der Waals surface area contributed by atoms with Crippen LogP contribution in [0.2, 0.25) is 0 Å². The van der Waals surface area contributed by atoms with Gasteiger partial charge < -0.3 is 14.9 Å². The average molecular weight is 1010 g/mol. The second kappa shape index (κ2) is 20.8. The summed E-state index contributed by atoms with van der Waals surface area (Å²) in [4.78, 5) is 8.29. The van der Waals surface area contributed by atoms with Gasteiger partial charge in [-0.25, -0.2) is 22.7 Å². The number of halogens is 7. The fourth-order valence-corrected chi connectivity index (χ4v) is 9.32. The predicted molar refractivity (Wildman–Crippen MR) is 247 cm³/mol. The van der Waals surface area contributed by atoms with E-state index in [9.17, 15) is 31.6 Å². The molecule has 3 aromatic heterocycles. The number of piperazine rings is 1. The van der Waals surface area contributed by atoms with Gasteiger partial charge in [0.05, 0.1) is 31.6 Å². The molecule has 1 saturated heterocycles. The summed E-state index contributed by atoms with van der Waals surface area (Å²) < 4.78 is 137. The van der Waals surface area contributed by atoms with Crippen LogP contribution in [-0.2, 0) is 49.4 Å². The minimum Gasteiger partial charge on any atom is -0.377 e. The molecule has 5 aromatic carbocycles. The number of phosphoric ester groups is 1. The Hall–Kier alpha value is -7.36. The summed E-state index contributed by atoms with van der Waals surface area (Å²) in [6.45, 7) is 0.841. The second-order valence-corrected chi connectivity index (χ2v) is 18.2. The summed E-state index contributed by atoms with van der Waals surface area (Å²) >= 11 is 0. The first-order chi connectivity index (χ1) is 34.6. The number of benzene rings is 5. The number of aromatic nitrogens is 8. The molecule has 1 unspecified atom stereocenters. The lowest BCUT2D eigenvalue weighted by atomic mass is 9.84. The lowest BCUT2D eigenvalue weighted by Crippen LogP contribution is -2.48. The summed E-state index contributed by atoms with van der Waals surface area (Å²) in [7, 11) is -4.88. The van der Waals surface area contributed by atoms with Crippen molar-refractivity contribution in [2.45, 2.75) is 43.6 Å². The molecule has 0 spiro atoms. The Kier molecular flexibility index (Phi) is 14.3. The number of hydrogen-bond donors (Lipinski definition) is 1. The molecule has 1 aliphatic heterocycles. The molecule has 1 aliphatic rings. The van der Waals surface area contributed by atoms with E-state index in [1.54, 1.807) is 72.8 Å². The van der Waals surface area contributed by atoms with Crippen molar-refractivity contribution in [3.63, 3.8) is 0 Å². The summed E-state index contributed by atoms with van der Waals surface area (Å²) in [5.74, 6) is -6.62. The van der Waals surface area contributed by atoms with E-state index in [4.69, 9.17) is 13.6 Å². The predicted octanol–water partition coefficient (Wildman–Crippen LogP) is 9.76. The van der Waals surface area contributed by atoms with Crippen LogP contribution in [-0.4, -0.2) is 77.6 Å². The van der Waals surface area contributed by atoms with Crippen molar-refractivity contribution in [3.05, 3.63) is 198 Å². The lowest BCUT2D eigenvalue weighted by molar-refractivity contribution is -0.207. The highest BCUT2D eigenvalue weighted by atomic mass is 31.2. The van der Waals surface area contributed by atoms with Gasteiger partial charge in [-0.05, 0) is 81.7 Å². The molecule has 2 atom stereocenters. The smallest absolute Gasteiger partial charge is 0.377 e. The lowest BCUT2D eigenvalue weighted by Gasteiger charge is -2.37. The molecule has 0 radical (unpaired) electrons. The molecule has 8 aromatic rings. The number of pyridine rings is 1. The van der Waals surface area contributed by atoms with Gasteiger partial charge in [0.15, 0.2) is 5.60 Å². The molecule has 4 heterocycles. The highest BCUT2D eigenvalue weighted by molar-refractivity contribution is 7.48. The summed E-state index contributed by atoms with van der Waals surface area (Å²) in [5.41, 5.74) is -1.29. The maximum Gasteiger partial charge on any atom is 0.476 e. The Morgan fingerprint density at radius 3 is 1.78 bits per heavy atom. The Morgan fingerprint density at radius 1 is 0.681 bits per heavy atom. The van der Waals surface area contributed by atoms with Crippen LogP contribution in [0.15, 0.2) is 158 Å². The van der Waals surface area contributed by atoms with E-state index in [2.05, 4.69) is 40.6 Å². The number of hydrogen-bond acceptors (Lipinski definition) is 13. The third kappa shape index (κ3) is 11.1. The van der Waals surface area contributed by atoms with Gasteiger partial charge in [0.1, 0.15) is 29.3 Å². The minimum absolute atomic E-state index is 0.347. The molecular formula is C49H42F7N10O5P. The summed E-state index contributed by atoms with van der Waals surface area (Å²) in [5, 5.41) is 29.5. The number of tetrazole rings is 1. The molecule has 15 nitrogen and oxygen atoms in total. The largest absolute Gasteiger partial charge is 0.476 e. The number of phosphoric acid groups is 1. The van der Waals surface area contributed by atoms with Crippen molar-refractivity contribution >= 4 is 19.2 Å². The number of anilines is 2. The van der Waals surface area contributed by atoms with E-state index in [1.807, 2.05) is 36.4 Å². The molecule has 0 bridgehead atoms. The molecule has 0 amide bonds. The van der Waals surface area contributed by atoms with Crippen LogP contribution in [0.1, 0.15) is 34.2 Å². The van der Waals surface area contributed by atoms with E-state index in [1.165, 1.54) is 12.3 Å². The SMILES string of the molecule is O=P(OCc1ccccc1)(OCc1ccccc1)OC(c1cn(-c2ccc(N3CCN(c4ccc(-c5ccc(C(F)(F)[C@](O)(Cn6cnnn6)c6ccc(F)cc6F)nc5)cc4)CC3)cc2)nn1)C(F)(F)F. The first-order valence-electron chi connectivity index (χ1n) is 22.1. The molecule has 0 saturated carbocycles. The standard InChI is InChI=1S/C49H42F7N10O5P/c50-38-14-21-42(43(51)27-38)47(67,32-65-33-58-60-62-65)48(52,53)45-22-13-37(28-57-45)36-11-15-39(16-12-36)63-23-25-64(26-24-63)40-17-19-41(20-18-40)66-29-44(59-61-66)46(49(54,55)56)71-72(68,69-30-34-7-3-1-4-8-34)70-31-35-9-5-2-6-10-35/h1-22,27-29,33,46,67H,23-26,30-32H2/t46?,47-/m0/s1. The molecule has 1 fully saturated rings. The number of aliphatic hydroxyl groups is 1. The first kappa shape index (κ1) is 49.6. The Bertz CT molecular complexity index is 3050. The topological polar surface area (TPSA) is 159 Å². The number of nitrogens with zero attached hydrogens (tertiary/aromatic N) is 10. The molecule has 372 valence electrons. The van der Waals surface area contributed by atoms with Crippen LogP contribution in [0, 0.1) is 11.6 Å². The van der Waals surface area contributed by atoms with Crippen LogP contribution in [0.25, 0.3) is 16.8 Å². The zero-order valence-corrected chi connectivity index (χ0v) is 38.6. The van der Waals surface area contributed by atoms with E-state index in [0.29, 0.717) is 60.2 Å². The normalized spacial score (nSPS) is 14.8. The fraction of sp³-hybridized carbons (Fsp3) is 0.224. The van der Waals surface area contributed by atoms with Gasteiger partial charge in [-0.15, -0.1) is 10.2 Å². The Labute approximate surface area is 406 Å². The van der Waals surface area contributed by atoms with Crippen LogP contribution < -0.4 is 9.80 Å². The van der Waals surface area contributed by atoms with Gasteiger partial charge >= 0.3 is 19.9 Å². The third-order valence-electron chi connectivity index (χ3n) is 11.9. The van der Waals surface area contributed by atoms with Gasteiger partial charge in [-0.2, -0.15) is 22.0 Å². The molecule has 23 heteroatoms. The molecular weight excluding hydrogens is 973 g/mol. The van der Waals surface area contributed by atoms with Crippen molar-refractivity contribution in [2.24, 2.45) is 0 Å². The highest BCUT2D eigenvalue weighted by Gasteiger charge is 2.58. The van der Waals surface area contributed by atoms with E-state index < -0.39 is 66.8 Å². The zero-order chi connectivity index (χ0) is 50.5. The van der Waals surface area contributed by atoms with Gasteiger partial charge in [-0.1, -0.05) is 84.1 Å². The van der Waals surface area contributed by atoms with Crippen molar-refractivity contribution in [1.29, 1.82) is 0 Å². The molecule has 0 aliphatic carbocycles. The second-order valence-electron chi connectivity index (χ2n) is 16.6. The van der Waals surface area contributed by atoms with Crippen LogP contribution in [0.5, 0.6) is 0 Å². The average Bonchev–Trinajstić information content (AvgIpc) is 4.11. The maximum atomic E-state index is 16.3. The maximum absolute atomic E-state index is 16.3. The van der Waals surface area contributed by atoms with E-state index in [-0.39, 0.29) is 13.2 Å². The molecule has 9 rings (SSSR count). The van der Waals surface area contributed by atoms with Crippen molar-refractivity contribution in [1.82, 2.24) is 40.2 Å². The van der Waals surface area contributed by atoms with Crippen molar-refractivity contribution in [3.8, 4) is 16.8 Å². The third-order valence-corrected chi connectivity index (χ3v) is 13.2. The molecule has 1 N–H and O–H groups in total. The van der Waals surface area contributed by atoms with Crippen LogP contribution in [0.4, 0.5) is 42.1 Å². The summed E-state index contributed by atoms with van der Waals surface area (Å²) in [6.07, 6.45) is -4.67. The molecule has 72 heavy (non-hydrogen) atoms. The van der Waals surface area contributed by atoms with E-state index in [0.717, 1.165) is 51.5 Å². The van der Waals surface area contributed by atoms with Gasteiger partial charge in [0.2, 0.25) is 6.10 Å². The van der Waals surface area contributed by atoms with E-state index >= 15 is 8.78 Å². The van der Waals surface area contributed by atoms with Crippen molar-refractivity contribution < 1.29 is 54.0 Å². The van der Waals surface area contributed by atoms with Gasteiger partial charge in [-0.3, -0.25) is 18.6 Å². The zero-order valence-electron chi connectivity index (χ0n) is 37.7. The van der Waals surface area contributed by atoms with Crippen LogP contribution >= 0.6 is 7.82 Å². The Balaban J connectivity index is 0.824. The van der Waals surface area contributed by atoms with Crippen LogP contribution in [0.3, 0.4) is 0 Å². The number of alkyl halides is 5.